The van der Waals surface area contributed by atoms with Crippen LogP contribution in [-0.2, 0) is 13.5 Å². The Balaban J connectivity index is 1.71. The molecule has 0 spiro atoms. The molecule has 3 heteroatoms. The second-order valence-electron chi connectivity index (χ2n) is 5.71. The molecule has 114 valence electrons. The van der Waals surface area contributed by atoms with Gasteiger partial charge < -0.3 is 4.57 Å². The Hall–Kier alpha value is -2.03. The summed E-state index contributed by atoms with van der Waals surface area (Å²) in [5.41, 5.74) is 3.75. The summed E-state index contributed by atoms with van der Waals surface area (Å²) in [6.45, 7) is 0. The molecule has 0 saturated carbocycles. The molecule has 4 aromatic rings. The van der Waals surface area contributed by atoms with E-state index in [9.17, 15) is 0 Å². The minimum Gasteiger partial charge on any atom is -0.350 e. The van der Waals surface area contributed by atoms with Crippen LogP contribution in [0.5, 0.6) is 0 Å². The van der Waals surface area contributed by atoms with Crippen molar-refractivity contribution in [3.05, 3.63) is 82.3 Å². The average molecular weight is 338 g/mol. The first-order chi connectivity index (χ1) is 11.2. The zero-order valence-corrected chi connectivity index (χ0v) is 14.4. The molecule has 0 atom stereocenters. The van der Waals surface area contributed by atoms with Gasteiger partial charge in [-0.15, -0.1) is 11.3 Å². The van der Waals surface area contributed by atoms with Gasteiger partial charge >= 0.3 is 0 Å². The first-order valence-electron chi connectivity index (χ1n) is 7.59. The minimum atomic E-state index is 0.831. The van der Waals surface area contributed by atoms with Gasteiger partial charge in [-0.2, -0.15) is 0 Å². The van der Waals surface area contributed by atoms with Gasteiger partial charge in [0.05, 0.1) is 5.02 Å². The first-order valence-corrected chi connectivity index (χ1v) is 8.78. The lowest BCUT2D eigenvalue weighted by Crippen LogP contribution is -1.83. The van der Waals surface area contributed by atoms with Gasteiger partial charge in [-0.05, 0) is 35.4 Å². The molecule has 0 aliphatic heterocycles. The predicted octanol–water partition coefficient (Wildman–Crippen LogP) is 6.15. The average Bonchev–Trinajstić information content (AvgIpc) is 3.15. The molecule has 0 aliphatic rings. The molecular weight excluding hydrogens is 322 g/mol. The number of rotatable bonds is 3. The van der Waals surface area contributed by atoms with E-state index < -0.39 is 0 Å². The molecule has 0 unspecified atom stereocenters. The van der Waals surface area contributed by atoms with E-state index in [-0.39, 0.29) is 0 Å². The highest BCUT2D eigenvalue weighted by Gasteiger charge is 2.11. The van der Waals surface area contributed by atoms with Gasteiger partial charge in [0.1, 0.15) is 0 Å². The minimum absolute atomic E-state index is 0.831. The maximum absolute atomic E-state index is 6.43. The molecule has 23 heavy (non-hydrogen) atoms. The fourth-order valence-corrected chi connectivity index (χ4v) is 4.37. The number of benzene rings is 2. The third-order valence-corrected chi connectivity index (χ3v) is 5.58. The molecule has 1 nitrogen and oxygen atoms in total. The lowest BCUT2D eigenvalue weighted by Gasteiger charge is -2.00. The molecule has 0 radical (unpaired) electrons. The van der Waals surface area contributed by atoms with Crippen LogP contribution < -0.4 is 0 Å². The topological polar surface area (TPSA) is 4.93 Å². The van der Waals surface area contributed by atoms with Gasteiger partial charge in [0, 0.05) is 40.3 Å². The number of thiophene rings is 1. The van der Waals surface area contributed by atoms with E-state index in [1.54, 1.807) is 0 Å². The first kappa shape index (κ1) is 14.6. The molecule has 0 aliphatic carbocycles. The highest BCUT2D eigenvalue weighted by molar-refractivity contribution is 7.15. The van der Waals surface area contributed by atoms with Crippen molar-refractivity contribution in [2.75, 3.05) is 0 Å². The highest BCUT2D eigenvalue weighted by atomic mass is 35.5. The SMILES string of the molecule is Cn1cc(Cc2ccc(-c3ccccc3)s2)c2c(Cl)cccc21. The third-order valence-electron chi connectivity index (χ3n) is 4.13. The zero-order valence-electron chi connectivity index (χ0n) is 12.8. The van der Waals surface area contributed by atoms with Crippen LogP contribution in [0.25, 0.3) is 21.3 Å². The molecule has 0 amide bonds. The molecule has 2 aromatic heterocycles. The van der Waals surface area contributed by atoms with Crippen molar-refractivity contribution in [2.45, 2.75) is 6.42 Å². The lowest BCUT2D eigenvalue weighted by atomic mass is 10.1. The second kappa shape index (κ2) is 5.88. The van der Waals surface area contributed by atoms with E-state index in [1.807, 2.05) is 23.5 Å². The summed E-state index contributed by atoms with van der Waals surface area (Å²) >= 11 is 8.29. The summed E-state index contributed by atoms with van der Waals surface area (Å²) in [7, 11) is 2.08. The molecule has 2 aromatic carbocycles. The summed E-state index contributed by atoms with van der Waals surface area (Å²) in [6, 6.07) is 21.1. The second-order valence-corrected chi connectivity index (χ2v) is 7.28. The van der Waals surface area contributed by atoms with Crippen molar-refractivity contribution in [2.24, 2.45) is 7.05 Å². The van der Waals surface area contributed by atoms with Gasteiger partial charge in [0.2, 0.25) is 0 Å². The molecule has 2 heterocycles. The van der Waals surface area contributed by atoms with Crippen LogP contribution in [-0.4, -0.2) is 4.57 Å². The monoisotopic (exact) mass is 337 g/mol. The van der Waals surface area contributed by atoms with Crippen molar-refractivity contribution in [3.8, 4) is 10.4 Å². The van der Waals surface area contributed by atoms with Gasteiger partial charge in [-0.1, -0.05) is 48.0 Å². The van der Waals surface area contributed by atoms with Crippen molar-refractivity contribution in [1.82, 2.24) is 4.57 Å². The zero-order chi connectivity index (χ0) is 15.8. The summed E-state index contributed by atoms with van der Waals surface area (Å²) in [4.78, 5) is 2.67. The Morgan fingerprint density at radius 3 is 2.61 bits per heavy atom. The Labute approximate surface area is 144 Å². The highest BCUT2D eigenvalue weighted by Crippen LogP contribution is 2.33. The van der Waals surface area contributed by atoms with Crippen LogP contribution in [0.2, 0.25) is 5.02 Å². The van der Waals surface area contributed by atoms with Crippen molar-refractivity contribution >= 4 is 33.8 Å². The van der Waals surface area contributed by atoms with Crippen LogP contribution in [0.15, 0.2) is 66.9 Å². The van der Waals surface area contributed by atoms with Crippen LogP contribution in [0.3, 0.4) is 0 Å². The summed E-state index contributed by atoms with van der Waals surface area (Å²) in [5, 5.41) is 2.00. The fourth-order valence-electron chi connectivity index (χ4n) is 3.04. The van der Waals surface area contributed by atoms with E-state index in [1.165, 1.54) is 31.8 Å². The number of hydrogen-bond acceptors (Lipinski definition) is 1. The maximum atomic E-state index is 6.43. The summed E-state index contributed by atoms with van der Waals surface area (Å²) in [6.07, 6.45) is 3.11. The van der Waals surface area contributed by atoms with Crippen LogP contribution in [0.4, 0.5) is 0 Å². The van der Waals surface area contributed by atoms with Crippen LogP contribution >= 0.6 is 22.9 Å². The van der Waals surface area contributed by atoms with Gasteiger partial charge in [-0.25, -0.2) is 0 Å². The summed E-state index contributed by atoms with van der Waals surface area (Å²) < 4.78 is 2.16. The van der Waals surface area contributed by atoms with E-state index >= 15 is 0 Å². The molecule has 0 saturated heterocycles. The molecular formula is C20H16ClNS. The third kappa shape index (κ3) is 2.69. The van der Waals surface area contributed by atoms with E-state index in [2.05, 4.69) is 66.3 Å². The number of fused-ring (bicyclic) bond motifs is 1. The van der Waals surface area contributed by atoms with Crippen LogP contribution in [0.1, 0.15) is 10.4 Å². The van der Waals surface area contributed by atoms with E-state index in [4.69, 9.17) is 11.6 Å². The molecule has 0 N–H and O–H groups in total. The lowest BCUT2D eigenvalue weighted by molar-refractivity contribution is 0.959. The number of aryl methyl sites for hydroxylation is 1. The largest absolute Gasteiger partial charge is 0.350 e. The van der Waals surface area contributed by atoms with E-state index in [0.29, 0.717) is 0 Å². The van der Waals surface area contributed by atoms with Crippen molar-refractivity contribution in [3.63, 3.8) is 0 Å². The van der Waals surface area contributed by atoms with Crippen LogP contribution in [0, 0.1) is 0 Å². The number of hydrogen-bond donors (Lipinski definition) is 0. The standard InChI is InChI=1S/C20H16ClNS/c1-22-13-15(20-17(21)8-5-9-18(20)22)12-16-10-11-19(23-16)14-6-3-2-4-7-14/h2-11,13H,12H2,1H3. The summed E-state index contributed by atoms with van der Waals surface area (Å²) in [5.74, 6) is 0. The Bertz CT molecular complexity index is 966. The number of halogens is 1. The van der Waals surface area contributed by atoms with E-state index in [0.717, 1.165) is 11.4 Å². The van der Waals surface area contributed by atoms with Gasteiger partial charge in [0.25, 0.3) is 0 Å². The quantitative estimate of drug-likeness (QED) is 0.422. The molecule has 0 fully saturated rings. The molecule has 4 rings (SSSR count). The van der Waals surface area contributed by atoms with Crippen molar-refractivity contribution < 1.29 is 0 Å². The molecule has 0 bridgehead atoms. The Morgan fingerprint density at radius 1 is 0.957 bits per heavy atom. The maximum Gasteiger partial charge on any atom is 0.0502 e. The van der Waals surface area contributed by atoms with Gasteiger partial charge in [-0.3, -0.25) is 0 Å². The van der Waals surface area contributed by atoms with Gasteiger partial charge in [0.15, 0.2) is 0 Å². The number of aromatic nitrogens is 1. The van der Waals surface area contributed by atoms with Crippen molar-refractivity contribution in [1.29, 1.82) is 0 Å². The Kier molecular flexibility index (Phi) is 3.72. The normalized spacial score (nSPS) is 11.2. The smallest absolute Gasteiger partial charge is 0.0502 e. The number of nitrogens with zero attached hydrogens (tertiary/aromatic N) is 1. The fraction of sp³-hybridized carbons (Fsp3) is 0.100. The predicted molar refractivity (Wildman–Crippen MR) is 100 cm³/mol. The Morgan fingerprint density at radius 2 is 1.78 bits per heavy atom.